The molecule has 16 heavy (non-hydrogen) atoms. The summed E-state index contributed by atoms with van der Waals surface area (Å²) in [5.74, 6) is 0.309. The molecule has 7 heteroatoms. The minimum absolute atomic E-state index is 0.160. The van der Waals surface area contributed by atoms with Crippen LogP contribution in [-0.4, -0.2) is 38.4 Å². The van der Waals surface area contributed by atoms with Gasteiger partial charge in [0.2, 0.25) is 0 Å². The normalized spacial score (nSPS) is 14.4. The maximum Gasteiger partial charge on any atom is 0.257 e. The number of hydrogen-bond donors (Lipinski definition) is 3. The van der Waals surface area contributed by atoms with Crippen LogP contribution in [0.4, 0.5) is 5.82 Å². The van der Waals surface area contributed by atoms with Gasteiger partial charge in [-0.3, -0.25) is 14.1 Å². The number of amides is 1. The molecule has 0 radical (unpaired) electrons. The van der Waals surface area contributed by atoms with Gasteiger partial charge in [-0.15, -0.1) is 0 Å². The summed E-state index contributed by atoms with van der Waals surface area (Å²) in [4.78, 5) is 11.8. The van der Waals surface area contributed by atoms with Crippen LogP contribution in [0.15, 0.2) is 0 Å². The van der Waals surface area contributed by atoms with E-state index in [1.54, 1.807) is 20.1 Å². The van der Waals surface area contributed by atoms with Gasteiger partial charge in [0, 0.05) is 34.5 Å². The van der Waals surface area contributed by atoms with Crippen molar-refractivity contribution in [1.82, 2.24) is 15.5 Å². The summed E-state index contributed by atoms with van der Waals surface area (Å²) in [6.07, 6.45) is 1.60. The van der Waals surface area contributed by atoms with Crippen LogP contribution >= 0.6 is 0 Å². The maximum absolute atomic E-state index is 11.8. The number of aryl methyl sites for hydroxylation is 1. The first-order valence-electron chi connectivity index (χ1n) is 4.83. The molecule has 0 aliphatic carbocycles. The topological polar surface area (TPSA) is 101 Å². The molecular formula is C9H16N4O2S. The van der Waals surface area contributed by atoms with Crippen molar-refractivity contribution in [3.05, 3.63) is 11.3 Å². The molecule has 0 aromatic carbocycles. The number of nitrogen functional groups attached to an aromatic ring is 1. The molecule has 4 N–H and O–H groups in total. The fourth-order valence-corrected chi connectivity index (χ4v) is 2.21. The van der Waals surface area contributed by atoms with Crippen molar-refractivity contribution in [3.63, 3.8) is 0 Å². The van der Waals surface area contributed by atoms with Crippen molar-refractivity contribution in [2.45, 2.75) is 19.9 Å². The highest BCUT2D eigenvalue weighted by molar-refractivity contribution is 7.84. The van der Waals surface area contributed by atoms with E-state index in [1.165, 1.54) is 0 Å². The van der Waals surface area contributed by atoms with E-state index < -0.39 is 10.8 Å². The molecule has 0 aliphatic rings. The fourth-order valence-electron chi connectivity index (χ4n) is 1.42. The third-order valence-corrected chi connectivity index (χ3v) is 3.03. The minimum Gasteiger partial charge on any atom is -0.382 e. The van der Waals surface area contributed by atoms with Crippen molar-refractivity contribution >= 4 is 22.5 Å². The van der Waals surface area contributed by atoms with Crippen LogP contribution in [-0.2, 0) is 10.8 Å². The van der Waals surface area contributed by atoms with Gasteiger partial charge >= 0.3 is 0 Å². The summed E-state index contributed by atoms with van der Waals surface area (Å²) in [6.45, 7) is 3.52. The summed E-state index contributed by atoms with van der Waals surface area (Å²) in [7, 11) is -0.939. The Balaban J connectivity index is 2.69. The van der Waals surface area contributed by atoms with E-state index in [4.69, 9.17) is 5.73 Å². The Morgan fingerprint density at radius 3 is 2.75 bits per heavy atom. The third kappa shape index (κ3) is 3.06. The molecule has 2 unspecified atom stereocenters. The molecule has 90 valence electrons. The SMILES string of the molecule is Cc1[nH]nc(N)c1C(=O)NC(C)CS(C)=O. The first-order valence-corrected chi connectivity index (χ1v) is 6.56. The zero-order valence-electron chi connectivity index (χ0n) is 9.53. The van der Waals surface area contributed by atoms with Crippen molar-refractivity contribution in [1.29, 1.82) is 0 Å². The Hall–Kier alpha value is -1.37. The number of nitrogens with one attached hydrogen (secondary N) is 2. The summed E-state index contributed by atoms with van der Waals surface area (Å²) in [5.41, 5.74) is 6.54. The molecule has 2 atom stereocenters. The molecule has 1 rings (SSSR count). The second-order valence-corrected chi connectivity index (χ2v) is 5.20. The first kappa shape index (κ1) is 12.7. The van der Waals surface area contributed by atoms with Crippen molar-refractivity contribution < 1.29 is 9.00 Å². The molecular weight excluding hydrogens is 228 g/mol. The zero-order valence-corrected chi connectivity index (χ0v) is 10.4. The molecule has 0 spiro atoms. The van der Waals surface area contributed by atoms with Crippen LogP contribution in [0.1, 0.15) is 23.0 Å². The molecule has 0 saturated heterocycles. The van der Waals surface area contributed by atoms with Gasteiger partial charge in [-0.2, -0.15) is 5.10 Å². The van der Waals surface area contributed by atoms with Crippen LogP contribution in [0.3, 0.4) is 0 Å². The summed E-state index contributed by atoms with van der Waals surface area (Å²) >= 11 is 0. The van der Waals surface area contributed by atoms with E-state index in [0.29, 0.717) is 17.0 Å². The first-order chi connectivity index (χ1) is 7.41. The molecule has 1 aromatic rings. The number of carbonyl (C=O) groups is 1. The lowest BCUT2D eigenvalue weighted by molar-refractivity contribution is 0.0944. The number of anilines is 1. The Kier molecular flexibility index (Phi) is 4.05. The lowest BCUT2D eigenvalue weighted by Gasteiger charge is -2.12. The predicted octanol–water partition coefficient (Wildman–Crippen LogP) is -0.203. The second-order valence-electron chi connectivity index (χ2n) is 3.72. The van der Waals surface area contributed by atoms with Gasteiger partial charge in [0.05, 0.1) is 0 Å². The quantitative estimate of drug-likeness (QED) is 0.682. The molecule has 0 fully saturated rings. The van der Waals surface area contributed by atoms with E-state index in [-0.39, 0.29) is 17.8 Å². The van der Waals surface area contributed by atoms with Crippen LogP contribution in [0.2, 0.25) is 0 Å². The van der Waals surface area contributed by atoms with Gasteiger partial charge in [0.1, 0.15) is 5.56 Å². The van der Waals surface area contributed by atoms with Crippen molar-refractivity contribution in [2.24, 2.45) is 0 Å². The highest BCUT2D eigenvalue weighted by Gasteiger charge is 2.18. The Labute approximate surface area is 96.4 Å². The average molecular weight is 244 g/mol. The standard InChI is InChI=1S/C9H16N4O2S/c1-5(4-16(3)15)11-9(14)7-6(2)12-13-8(7)10/h5H,4H2,1-3H3,(H,11,14)(H3,10,12,13). The lowest BCUT2D eigenvalue weighted by atomic mass is 10.2. The summed E-state index contributed by atoms with van der Waals surface area (Å²) < 4.78 is 11.0. The Morgan fingerprint density at radius 2 is 2.31 bits per heavy atom. The van der Waals surface area contributed by atoms with Crippen molar-refractivity contribution in [2.75, 3.05) is 17.7 Å². The van der Waals surface area contributed by atoms with Crippen molar-refractivity contribution in [3.8, 4) is 0 Å². The number of nitrogens with two attached hydrogens (primary N) is 1. The summed E-state index contributed by atoms with van der Waals surface area (Å²) in [6, 6.07) is -0.160. The average Bonchev–Trinajstić information content (AvgIpc) is 2.44. The smallest absolute Gasteiger partial charge is 0.257 e. The Bertz CT molecular complexity index is 396. The van der Waals surface area contributed by atoms with Gasteiger partial charge < -0.3 is 11.1 Å². The molecule has 1 aromatic heterocycles. The number of carbonyl (C=O) groups excluding carboxylic acids is 1. The van der Waals surface area contributed by atoms with E-state index in [2.05, 4.69) is 15.5 Å². The summed E-state index contributed by atoms with van der Waals surface area (Å²) in [5, 5.41) is 9.10. The minimum atomic E-state index is -0.939. The number of aromatic nitrogens is 2. The van der Waals surface area contributed by atoms with Crippen LogP contribution in [0.5, 0.6) is 0 Å². The van der Waals surface area contributed by atoms with Crippen LogP contribution < -0.4 is 11.1 Å². The highest BCUT2D eigenvalue weighted by atomic mass is 32.2. The zero-order chi connectivity index (χ0) is 12.3. The number of nitrogens with zero attached hydrogens (tertiary/aromatic N) is 1. The molecule has 0 aliphatic heterocycles. The highest BCUT2D eigenvalue weighted by Crippen LogP contribution is 2.11. The lowest BCUT2D eigenvalue weighted by Crippen LogP contribution is -2.36. The number of rotatable bonds is 4. The second kappa shape index (κ2) is 5.11. The molecule has 0 saturated carbocycles. The van der Waals surface area contributed by atoms with Gasteiger partial charge in [0.25, 0.3) is 5.91 Å². The van der Waals surface area contributed by atoms with Gasteiger partial charge in [-0.05, 0) is 13.8 Å². The molecule has 0 bridgehead atoms. The Morgan fingerprint density at radius 1 is 1.69 bits per heavy atom. The van der Waals surface area contributed by atoms with Gasteiger partial charge in [-0.1, -0.05) is 0 Å². The van der Waals surface area contributed by atoms with Gasteiger partial charge in [0.15, 0.2) is 5.82 Å². The molecule has 1 amide bonds. The number of H-pyrrole nitrogens is 1. The largest absolute Gasteiger partial charge is 0.382 e. The van der Waals surface area contributed by atoms with Gasteiger partial charge in [-0.25, -0.2) is 0 Å². The maximum atomic E-state index is 11.8. The number of aromatic amines is 1. The van der Waals surface area contributed by atoms with E-state index in [0.717, 1.165) is 0 Å². The van der Waals surface area contributed by atoms with E-state index in [9.17, 15) is 9.00 Å². The fraction of sp³-hybridized carbons (Fsp3) is 0.556. The predicted molar refractivity (Wildman–Crippen MR) is 63.6 cm³/mol. The number of hydrogen-bond acceptors (Lipinski definition) is 4. The molecule has 1 heterocycles. The molecule has 6 nitrogen and oxygen atoms in total. The van der Waals surface area contributed by atoms with E-state index in [1.807, 2.05) is 0 Å². The third-order valence-electron chi connectivity index (χ3n) is 2.06. The van der Waals surface area contributed by atoms with Crippen LogP contribution in [0.25, 0.3) is 0 Å². The monoisotopic (exact) mass is 244 g/mol. The van der Waals surface area contributed by atoms with E-state index >= 15 is 0 Å². The van der Waals surface area contributed by atoms with Crippen LogP contribution in [0, 0.1) is 6.92 Å².